The van der Waals surface area contributed by atoms with Gasteiger partial charge in [0.25, 0.3) is 5.91 Å². The van der Waals surface area contributed by atoms with Crippen LogP contribution in [0.4, 0.5) is 0 Å². The quantitative estimate of drug-likeness (QED) is 0.792. The van der Waals surface area contributed by atoms with E-state index in [1.54, 1.807) is 0 Å². The molecule has 4 aliphatic rings. The van der Waals surface area contributed by atoms with Crippen LogP contribution in [-0.4, -0.2) is 68.9 Å². The van der Waals surface area contributed by atoms with Gasteiger partial charge in [-0.2, -0.15) is 5.10 Å². The van der Waals surface area contributed by atoms with Crippen LogP contribution in [0.3, 0.4) is 0 Å². The van der Waals surface area contributed by atoms with E-state index in [2.05, 4.69) is 20.4 Å². The highest BCUT2D eigenvalue weighted by atomic mass is 16.2. The molecule has 4 saturated heterocycles. The SMILES string of the molecule is O=C1CCC(C(=O)N2C[C@@H]3[C@H](C2)[C@@H]2CC[C@H]3N2C(=O)c2n[nH]c3ccccc23)N1. The van der Waals surface area contributed by atoms with E-state index in [1.165, 1.54) is 0 Å². The van der Waals surface area contributed by atoms with Crippen LogP contribution in [0.5, 0.6) is 0 Å². The fourth-order valence-corrected chi connectivity index (χ4v) is 6.12. The van der Waals surface area contributed by atoms with Crippen LogP contribution in [0.2, 0.25) is 0 Å². The Balaban J connectivity index is 1.22. The lowest BCUT2D eigenvalue weighted by Gasteiger charge is -2.27. The number of nitrogens with one attached hydrogen (secondary N) is 2. The summed E-state index contributed by atoms with van der Waals surface area (Å²) in [6.07, 6.45) is 3.00. The lowest BCUT2D eigenvalue weighted by molar-refractivity contribution is -0.133. The Morgan fingerprint density at radius 3 is 2.45 bits per heavy atom. The Labute approximate surface area is 167 Å². The summed E-state index contributed by atoms with van der Waals surface area (Å²) in [6, 6.07) is 7.68. The highest BCUT2D eigenvalue weighted by Gasteiger charge is 2.59. The molecule has 8 heteroatoms. The van der Waals surface area contributed by atoms with Crippen molar-refractivity contribution in [2.75, 3.05) is 13.1 Å². The number of hydrogen-bond donors (Lipinski definition) is 2. The second-order valence-electron chi connectivity index (χ2n) is 8.77. The third kappa shape index (κ3) is 2.37. The molecule has 150 valence electrons. The van der Waals surface area contributed by atoms with Gasteiger partial charge in [-0.1, -0.05) is 18.2 Å². The molecule has 5 atom stereocenters. The zero-order valence-corrected chi connectivity index (χ0v) is 16.0. The first kappa shape index (κ1) is 17.0. The zero-order chi connectivity index (χ0) is 19.7. The van der Waals surface area contributed by atoms with Gasteiger partial charge in [0.2, 0.25) is 11.8 Å². The fraction of sp³-hybridized carbons (Fsp3) is 0.524. The minimum absolute atomic E-state index is 0.00489. The van der Waals surface area contributed by atoms with Crippen LogP contribution in [0.1, 0.15) is 36.2 Å². The molecular weight excluding hydrogens is 370 g/mol. The van der Waals surface area contributed by atoms with Crippen molar-refractivity contribution >= 4 is 28.6 Å². The lowest BCUT2D eigenvalue weighted by atomic mass is 9.82. The number of carbonyl (C=O) groups excluding carboxylic acids is 3. The van der Waals surface area contributed by atoms with E-state index in [-0.39, 0.29) is 35.8 Å². The predicted octanol–water partition coefficient (Wildman–Crippen LogP) is 0.903. The molecule has 0 aliphatic carbocycles. The van der Waals surface area contributed by atoms with Crippen molar-refractivity contribution in [3.8, 4) is 0 Å². The van der Waals surface area contributed by atoms with Gasteiger partial charge in [0.15, 0.2) is 5.69 Å². The molecule has 5 heterocycles. The van der Waals surface area contributed by atoms with Crippen molar-refractivity contribution in [2.45, 2.75) is 43.8 Å². The Morgan fingerprint density at radius 1 is 1.03 bits per heavy atom. The van der Waals surface area contributed by atoms with Gasteiger partial charge in [-0.25, -0.2) is 0 Å². The molecule has 2 aromatic rings. The number of aromatic amines is 1. The van der Waals surface area contributed by atoms with Crippen molar-refractivity contribution in [3.05, 3.63) is 30.0 Å². The molecule has 2 N–H and O–H groups in total. The van der Waals surface area contributed by atoms with E-state index in [0.29, 0.717) is 43.5 Å². The molecule has 2 bridgehead atoms. The van der Waals surface area contributed by atoms with E-state index in [4.69, 9.17) is 0 Å². The number of rotatable bonds is 2. The Kier molecular flexibility index (Phi) is 3.54. The summed E-state index contributed by atoms with van der Waals surface area (Å²) in [7, 11) is 0. The lowest BCUT2D eigenvalue weighted by Crippen LogP contribution is -2.46. The summed E-state index contributed by atoms with van der Waals surface area (Å²) in [6.45, 7) is 1.37. The average molecular weight is 393 g/mol. The van der Waals surface area contributed by atoms with Crippen molar-refractivity contribution in [1.29, 1.82) is 0 Å². The smallest absolute Gasteiger partial charge is 0.275 e. The number of H-pyrrole nitrogens is 1. The van der Waals surface area contributed by atoms with Crippen LogP contribution in [0.15, 0.2) is 24.3 Å². The molecule has 29 heavy (non-hydrogen) atoms. The maximum Gasteiger partial charge on any atom is 0.275 e. The Bertz CT molecular complexity index is 1010. The van der Waals surface area contributed by atoms with E-state index >= 15 is 0 Å². The number of amides is 3. The van der Waals surface area contributed by atoms with E-state index in [0.717, 1.165) is 23.7 Å². The normalized spacial score (nSPS) is 32.8. The number of aromatic nitrogens is 2. The molecule has 0 radical (unpaired) electrons. The molecule has 4 aliphatic heterocycles. The van der Waals surface area contributed by atoms with Crippen LogP contribution in [-0.2, 0) is 9.59 Å². The molecule has 1 unspecified atom stereocenters. The van der Waals surface area contributed by atoms with Crippen molar-refractivity contribution in [1.82, 2.24) is 25.3 Å². The number of hydrogen-bond acceptors (Lipinski definition) is 4. The monoisotopic (exact) mass is 393 g/mol. The number of para-hydroxylation sites is 1. The van der Waals surface area contributed by atoms with Gasteiger partial charge in [0.05, 0.1) is 5.52 Å². The van der Waals surface area contributed by atoms with Gasteiger partial charge in [0, 0.05) is 48.8 Å². The summed E-state index contributed by atoms with van der Waals surface area (Å²) in [5.74, 6) is 0.657. The van der Waals surface area contributed by atoms with Gasteiger partial charge in [0.1, 0.15) is 6.04 Å². The minimum Gasteiger partial charge on any atom is -0.344 e. The molecule has 8 nitrogen and oxygen atoms in total. The third-order valence-electron chi connectivity index (χ3n) is 7.39. The van der Waals surface area contributed by atoms with Gasteiger partial charge in [-0.15, -0.1) is 0 Å². The number of benzene rings is 1. The second-order valence-corrected chi connectivity index (χ2v) is 8.77. The van der Waals surface area contributed by atoms with E-state index < -0.39 is 0 Å². The Hall–Kier alpha value is -2.90. The van der Waals surface area contributed by atoms with Crippen LogP contribution in [0, 0.1) is 11.8 Å². The molecule has 1 aromatic heterocycles. The number of likely N-dealkylation sites (tertiary alicyclic amines) is 1. The topological polar surface area (TPSA) is 98.4 Å². The molecule has 4 fully saturated rings. The van der Waals surface area contributed by atoms with Gasteiger partial charge < -0.3 is 15.1 Å². The maximum atomic E-state index is 13.4. The molecule has 0 saturated carbocycles. The summed E-state index contributed by atoms with van der Waals surface area (Å²) < 4.78 is 0. The third-order valence-corrected chi connectivity index (χ3v) is 7.39. The maximum absolute atomic E-state index is 13.4. The van der Waals surface area contributed by atoms with Crippen LogP contribution >= 0.6 is 0 Å². The largest absolute Gasteiger partial charge is 0.344 e. The molecular formula is C21H23N5O3. The van der Waals surface area contributed by atoms with Crippen molar-refractivity contribution in [3.63, 3.8) is 0 Å². The first-order chi connectivity index (χ1) is 14.1. The molecule has 3 amide bonds. The van der Waals surface area contributed by atoms with E-state index in [1.807, 2.05) is 29.2 Å². The standard InChI is InChI=1S/C21H23N5O3/c27-18-8-5-15(22-18)20(28)25-9-12-13(10-25)17-7-6-16(12)26(17)21(29)19-11-3-1-2-4-14(11)23-24-19/h1-4,12-13,15-17H,5-10H2,(H,22,27)(H,23,24)/t12-,13+,15?,16-,17+. The molecule has 0 spiro atoms. The highest BCUT2D eigenvalue weighted by Crippen LogP contribution is 2.50. The molecule has 1 aromatic carbocycles. The van der Waals surface area contributed by atoms with E-state index in [9.17, 15) is 14.4 Å². The van der Waals surface area contributed by atoms with Gasteiger partial charge in [-0.05, 0) is 25.3 Å². The fourth-order valence-electron chi connectivity index (χ4n) is 6.12. The summed E-state index contributed by atoms with van der Waals surface area (Å²) in [4.78, 5) is 41.7. The molecule has 6 rings (SSSR count). The van der Waals surface area contributed by atoms with Crippen molar-refractivity contribution < 1.29 is 14.4 Å². The Morgan fingerprint density at radius 2 is 1.76 bits per heavy atom. The number of fused-ring (bicyclic) bond motifs is 6. The first-order valence-corrected chi connectivity index (χ1v) is 10.5. The summed E-state index contributed by atoms with van der Waals surface area (Å²) in [5.41, 5.74) is 1.37. The van der Waals surface area contributed by atoms with Crippen LogP contribution in [0.25, 0.3) is 10.9 Å². The predicted molar refractivity (Wildman–Crippen MR) is 104 cm³/mol. The first-order valence-electron chi connectivity index (χ1n) is 10.5. The van der Waals surface area contributed by atoms with Crippen LogP contribution < -0.4 is 5.32 Å². The second kappa shape index (κ2) is 6.05. The van der Waals surface area contributed by atoms with Gasteiger partial charge >= 0.3 is 0 Å². The van der Waals surface area contributed by atoms with Crippen molar-refractivity contribution in [2.24, 2.45) is 11.8 Å². The summed E-state index contributed by atoms with van der Waals surface area (Å²) >= 11 is 0. The highest BCUT2D eigenvalue weighted by molar-refractivity contribution is 6.05. The van der Waals surface area contributed by atoms with Gasteiger partial charge in [-0.3, -0.25) is 19.5 Å². The number of nitrogens with zero attached hydrogens (tertiary/aromatic N) is 3. The minimum atomic E-state index is -0.368. The average Bonchev–Trinajstić information content (AvgIpc) is 3.52. The summed E-state index contributed by atoms with van der Waals surface area (Å²) in [5, 5.41) is 10.9. The zero-order valence-electron chi connectivity index (χ0n) is 16.0. The number of carbonyl (C=O) groups is 3.